The highest BCUT2D eigenvalue weighted by molar-refractivity contribution is 4.82. The summed E-state index contributed by atoms with van der Waals surface area (Å²) in [4.78, 5) is 0. The molecule has 0 aromatic heterocycles. The predicted molar refractivity (Wildman–Crippen MR) is 35.9 cm³/mol. The van der Waals surface area contributed by atoms with Crippen molar-refractivity contribution < 1.29 is 9.47 Å². The van der Waals surface area contributed by atoms with Gasteiger partial charge in [-0.15, -0.1) is 6.42 Å². The fraction of sp³-hybridized carbons (Fsp3) is 0.714. The van der Waals surface area contributed by atoms with Gasteiger partial charge in [-0.3, -0.25) is 0 Å². The highest BCUT2D eigenvalue weighted by Gasteiger charge is 1.95. The molecule has 0 spiro atoms. The Morgan fingerprint density at radius 1 is 1.56 bits per heavy atom. The summed E-state index contributed by atoms with van der Waals surface area (Å²) in [6, 6.07) is 0. The number of hydrogen-bond acceptors (Lipinski definition) is 2. The summed E-state index contributed by atoms with van der Waals surface area (Å²) in [6.07, 6.45) is 4.77. The molecule has 0 aliphatic rings. The van der Waals surface area contributed by atoms with Crippen LogP contribution in [-0.4, -0.2) is 19.5 Å². The first-order chi connectivity index (χ1) is 4.31. The normalized spacial score (nSPS) is 12.6. The molecule has 1 atom stereocenters. The molecule has 0 radical (unpaired) electrons. The summed E-state index contributed by atoms with van der Waals surface area (Å²) in [6.45, 7) is 4.71. The number of hydrogen-bond donors (Lipinski definition) is 0. The molecule has 0 aromatic rings. The van der Waals surface area contributed by atoms with E-state index in [0.717, 1.165) is 0 Å². The third-order valence-electron chi connectivity index (χ3n) is 0.803. The molecular weight excluding hydrogens is 116 g/mol. The zero-order valence-corrected chi connectivity index (χ0v) is 5.89. The first kappa shape index (κ1) is 8.48. The summed E-state index contributed by atoms with van der Waals surface area (Å²) in [5.41, 5.74) is 0. The van der Waals surface area contributed by atoms with Gasteiger partial charge in [0.1, 0.15) is 6.61 Å². The Morgan fingerprint density at radius 2 is 2.22 bits per heavy atom. The van der Waals surface area contributed by atoms with E-state index in [1.54, 1.807) is 0 Å². The van der Waals surface area contributed by atoms with E-state index in [-0.39, 0.29) is 6.29 Å². The van der Waals surface area contributed by atoms with E-state index >= 15 is 0 Å². The van der Waals surface area contributed by atoms with Crippen LogP contribution in [0, 0.1) is 12.3 Å². The molecule has 0 rings (SSSR count). The molecular formula is C7H12O2. The van der Waals surface area contributed by atoms with E-state index in [2.05, 4.69) is 5.92 Å². The van der Waals surface area contributed by atoms with Crippen molar-refractivity contribution in [1.82, 2.24) is 0 Å². The van der Waals surface area contributed by atoms with Crippen LogP contribution in [0.15, 0.2) is 0 Å². The van der Waals surface area contributed by atoms with Gasteiger partial charge in [0.25, 0.3) is 0 Å². The average molecular weight is 128 g/mol. The van der Waals surface area contributed by atoms with Crippen LogP contribution < -0.4 is 0 Å². The summed E-state index contributed by atoms with van der Waals surface area (Å²) >= 11 is 0. The minimum atomic E-state index is -0.175. The van der Waals surface area contributed by atoms with E-state index in [0.29, 0.717) is 13.2 Å². The maximum Gasteiger partial charge on any atom is 0.156 e. The second kappa shape index (κ2) is 5.61. The van der Waals surface area contributed by atoms with Crippen molar-refractivity contribution in [2.24, 2.45) is 0 Å². The summed E-state index contributed by atoms with van der Waals surface area (Å²) in [7, 11) is 0. The van der Waals surface area contributed by atoms with E-state index in [1.807, 2.05) is 13.8 Å². The summed E-state index contributed by atoms with van der Waals surface area (Å²) < 4.78 is 10.00. The molecule has 52 valence electrons. The van der Waals surface area contributed by atoms with Crippen molar-refractivity contribution in [3.8, 4) is 12.3 Å². The van der Waals surface area contributed by atoms with Gasteiger partial charge in [-0.2, -0.15) is 0 Å². The Morgan fingerprint density at radius 3 is 2.67 bits per heavy atom. The lowest BCUT2D eigenvalue weighted by molar-refractivity contribution is -0.117. The van der Waals surface area contributed by atoms with Gasteiger partial charge in [0.05, 0.1) is 0 Å². The van der Waals surface area contributed by atoms with Gasteiger partial charge in [0, 0.05) is 6.61 Å². The van der Waals surface area contributed by atoms with Gasteiger partial charge in [-0.1, -0.05) is 5.92 Å². The van der Waals surface area contributed by atoms with Gasteiger partial charge in [0.15, 0.2) is 6.29 Å². The molecule has 0 aliphatic heterocycles. The second-order valence-corrected chi connectivity index (χ2v) is 1.54. The molecule has 2 heteroatoms. The molecule has 0 aliphatic carbocycles. The number of terminal acetylenes is 1. The van der Waals surface area contributed by atoms with Gasteiger partial charge in [0.2, 0.25) is 0 Å². The van der Waals surface area contributed by atoms with Gasteiger partial charge in [-0.05, 0) is 13.8 Å². The molecule has 0 heterocycles. The monoisotopic (exact) mass is 128 g/mol. The van der Waals surface area contributed by atoms with E-state index in [4.69, 9.17) is 15.9 Å². The maximum atomic E-state index is 5.03. The zero-order chi connectivity index (χ0) is 7.11. The lowest BCUT2D eigenvalue weighted by atomic mass is 10.7. The van der Waals surface area contributed by atoms with E-state index in [1.165, 1.54) is 0 Å². The van der Waals surface area contributed by atoms with Gasteiger partial charge >= 0.3 is 0 Å². The van der Waals surface area contributed by atoms with Crippen LogP contribution in [0.25, 0.3) is 0 Å². The molecule has 0 fully saturated rings. The summed E-state index contributed by atoms with van der Waals surface area (Å²) in [5, 5.41) is 0. The predicted octanol–water partition coefficient (Wildman–Crippen LogP) is 1.02. The SMILES string of the molecule is C#CCO[C@H](C)OCC. The van der Waals surface area contributed by atoms with Crippen molar-refractivity contribution in [3.05, 3.63) is 0 Å². The van der Waals surface area contributed by atoms with E-state index in [9.17, 15) is 0 Å². The Kier molecular flexibility index (Phi) is 5.29. The van der Waals surface area contributed by atoms with Gasteiger partial charge in [-0.25, -0.2) is 0 Å². The van der Waals surface area contributed by atoms with Crippen molar-refractivity contribution in [2.75, 3.05) is 13.2 Å². The topological polar surface area (TPSA) is 18.5 Å². The Balaban J connectivity index is 3.07. The minimum Gasteiger partial charge on any atom is -0.353 e. The zero-order valence-electron chi connectivity index (χ0n) is 5.89. The average Bonchev–Trinajstić information content (AvgIpc) is 1.85. The smallest absolute Gasteiger partial charge is 0.156 e. The second-order valence-electron chi connectivity index (χ2n) is 1.54. The van der Waals surface area contributed by atoms with E-state index < -0.39 is 0 Å². The Bertz CT molecular complexity index is 93.6. The molecule has 2 nitrogen and oxygen atoms in total. The highest BCUT2D eigenvalue weighted by Crippen LogP contribution is 1.90. The minimum absolute atomic E-state index is 0.175. The molecule has 0 bridgehead atoms. The fourth-order valence-electron chi connectivity index (χ4n) is 0.448. The summed E-state index contributed by atoms with van der Waals surface area (Å²) in [5.74, 6) is 2.35. The molecule has 0 N–H and O–H groups in total. The van der Waals surface area contributed by atoms with Crippen LogP contribution in [-0.2, 0) is 9.47 Å². The largest absolute Gasteiger partial charge is 0.353 e. The molecule has 0 amide bonds. The lowest BCUT2D eigenvalue weighted by Crippen LogP contribution is -2.12. The standard InChI is InChI=1S/C7H12O2/c1-4-6-9-7(3)8-5-2/h1,7H,5-6H2,2-3H3/t7-/m1/s1. The molecule has 0 unspecified atom stereocenters. The number of ether oxygens (including phenoxy) is 2. The van der Waals surface area contributed by atoms with Crippen molar-refractivity contribution >= 4 is 0 Å². The molecule has 9 heavy (non-hydrogen) atoms. The Labute approximate surface area is 56.2 Å². The third-order valence-corrected chi connectivity index (χ3v) is 0.803. The van der Waals surface area contributed by atoms with Crippen LogP contribution in [0.4, 0.5) is 0 Å². The molecule has 0 saturated heterocycles. The van der Waals surface area contributed by atoms with Crippen LogP contribution >= 0.6 is 0 Å². The van der Waals surface area contributed by atoms with Crippen LogP contribution in [0.5, 0.6) is 0 Å². The Hall–Kier alpha value is -0.520. The van der Waals surface area contributed by atoms with Crippen LogP contribution in [0.2, 0.25) is 0 Å². The number of rotatable bonds is 4. The maximum absolute atomic E-state index is 5.03. The van der Waals surface area contributed by atoms with Crippen molar-refractivity contribution in [1.29, 1.82) is 0 Å². The van der Waals surface area contributed by atoms with Crippen molar-refractivity contribution in [2.45, 2.75) is 20.1 Å². The van der Waals surface area contributed by atoms with Crippen molar-refractivity contribution in [3.63, 3.8) is 0 Å². The highest BCUT2D eigenvalue weighted by atomic mass is 16.7. The first-order valence-corrected chi connectivity index (χ1v) is 2.98. The van der Waals surface area contributed by atoms with Crippen LogP contribution in [0.1, 0.15) is 13.8 Å². The fourth-order valence-corrected chi connectivity index (χ4v) is 0.448. The third kappa shape index (κ3) is 5.35. The van der Waals surface area contributed by atoms with Gasteiger partial charge < -0.3 is 9.47 Å². The molecule has 0 aromatic carbocycles. The van der Waals surface area contributed by atoms with Crippen LogP contribution in [0.3, 0.4) is 0 Å². The quantitative estimate of drug-likeness (QED) is 0.415. The molecule has 0 saturated carbocycles. The first-order valence-electron chi connectivity index (χ1n) is 2.98. The lowest BCUT2D eigenvalue weighted by Gasteiger charge is -2.09.